The van der Waals surface area contributed by atoms with Crippen molar-refractivity contribution in [2.24, 2.45) is 0 Å². The van der Waals surface area contributed by atoms with Gasteiger partial charge in [-0.3, -0.25) is 14.4 Å². The fourth-order valence-electron chi connectivity index (χ4n) is 5.89. The van der Waals surface area contributed by atoms with E-state index in [0.29, 0.717) is 22.6 Å². The van der Waals surface area contributed by atoms with Gasteiger partial charge in [-0.1, -0.05) is 109 Å². The summed E-state index contributed by atoms with van der Waals surface area (Å²) >= 11 is 6.33. The van der Waals surface area contributed by atoms with Crippen molar-refractivity contribution in [1.29, 1.82) is 0 Å². The van der Waals surface area contributed by atoms with Gasteiger partial charge in [0.25, 0.3) is 0 Å². The number of hydrogen-bond donors (Lipinski definition) is 2. The Labute approximate surface area is 361 Å². The van der Waals surface area contributed by atoms with Crippen molar-refractivity contribution in [3.05, 3.63) is 185 Å². The zero-order valence-corrected chi connectivity index (χ0v) is 35.0. The van der Waals surface area contributed by atoms with E-state index in [1.807, 2.05) is 115 Å². The topological polar surface area (TPSA) is 143 Å². The first-order valence-corrected chi connectivity index (χ1v) is 19.6. The van der Waals surface area contributed by atoms with Gasteiger partial charge in [0.15, 0.2) is 11.2 Å². The number of esters is 1. The van der Waals surface area contributed by atoms with Crippen LogP contribution in [0, 0.1) is 0 Å². The molecule has 8 aromatic rings. The molecule has 0 saturated heterocycles. The molecule has 0 amide bonds. The van der Waals surface area contributed by atoms with E-state index in [0.717, 1.165) is 61.9 Å². The van der Waals surface area contributed by atoms with E-state index in [4.69, 9.17) is 31.5 Å². The van der Waals surface area contributed by atoms with E-state index in [-0.39, 0.29) is 19.1 Å². The number of nitrogens with two attached hydrogens (primary N) is 1. The van der Waals surface area contributed by atoms with Crippen molar-refractivity contribution >= 4 is 50.8 Å². The first kappa shape index (κ1) is 44.7. The number of rotatable bonds is 9. The summed E-state index contributed by atoms with van der Waals surface area (Å²) in [5.41, 5.74) is 12.1. The number of benzene rings is 6. The first-order chi connectivity index (χ1) is 29.6. The minimum atomic E-state index is -0.471. The van der Waals surface area contributed by atoms with Crippen molar-refractivity contribution in [3.8, 4) is 39.8 Å². The van der Waals surface area contributed by atoms with E-state index in [1.165, 1.54) is 0 Å². The molecule has 0 aliphatic heterocycles. The van der Waals surface area contributed by atoms with Gasteiger partial charge in [-0.05, 0) is 55.0 Å². The highest BCUT2D eigenvalue weighted by Gasteiger charge is 2.12. The molecule has 11 heteroatoms. The molecule has 0 fully saturated rings. The van der Waals surface area contributed by atoms with Gasteiger partial charge in [0.2, 0.25) is 0 Å². The Bertz CT molecular complexity index is 2740. The second-order valence-corrected chi connectivity index (χ2v) is 13.5. The summed E-state index contributed by atoms with van der Waals surface area (Å²) in [7, 11) is 4.87. The molecule has 10 nitrogen and oxygen atoms in total. The minimum Gasteiger partial charge on any atom is -0.497 e. The third-order valence-corrected chi connectivity index (χ3v) is 9.27. The van der Waals surface area contributed by atoms with Crippen molar-refractivity contribution in [1.82, 2.24) is 9.97 Å². The summed E-state index contributed by atoms with van der Waals surface area (Å²) in [4.78, 5) is 42.5. The number of pyridine rings is 2. The molecule has 0 spiro atoms. The lowest BCUT2D eigenvalue weighted by molar-refractivity contribution is -0.141. The van der Waals surface area contributed by atoms with Gasteiger partial charge in [0, 0.05) is 59.0 Å². The number of ether oxygens (including phenoxy) is 4. The van der Waals surface area contributed by atoms with Crippen LogP contribution in [0.3, 0.4) is 0 Å². The standard InChI is InChI=1S/C16H12ClNO.C16H13NO2.C11H12O3.C7H9NO.H2/c1-19-12-7-8-13-14(17)10-15(18-16(13)9-12)11-5-3-2-4-6-11;1-19-12-7-8-13-15(9-12)17-14(10-16(13)18)11-5-3-2-4-6-11;1-2-14-11(13)8-10(12)9-6-4-3-5-7-9;1-9-7-4-2-3-6(8)5-7;/h2-10H,1H3;2-10H,1H3,(H,17,18);3-7H,2,8H2,1H3;2-5H,8H2,1H3;1H/i;;;;1+1. The predicted molar refractivity (Wildman–Crippen MR) is 247 cm³/mol. The van der Waals surface area contributed by atoms with Crippen LogP contribution in [0.15, 0.2) is 169 Å². The summed E-state index contributed by atoms with van der Waals surface area (Å²) in [6.07, 6.45) is -0.183. The van der Waals surface area contributed by atoms with Crippen LogP contribution in [0.5, 0.6) is 17.2 Å². The zero-order chi connectivity index (χ0) is 43.6. The maximum atomic E-state index is 12.1. The van der Waals surface area contributed by atoms with Crippen LogP contribution in [-0.2, 0) is 9.53 Å². The van der Waals surface area contributed by atoms with Crippen LogP contribution in [0.25, 0.3) is 44.3 Å². The number of ketones is 1. The second-order valence-electron chi connectivity index (χ2n) is 13.1. The van der Waals surface area contributed by atoms with E-state index in [2.05, 4.69) is 14.7 Å². The van der Waals surface area contributed by atoms with Gasteiger partial charge in [-0.15, -0.1) is 0 Å². The van der Waals surface area contributed by atoms with Crippen LogP contribution in [0.4, 0.5) is 5.69 Å². The molecule has 2 heterocycles. The molecule has 312 valence electrons. The summed E-state index contributed by atoms with van der Waals surface area (Å²) in [5.74, 6) is 1.63. The highest BCUT2D eigenvalue weighted by atomic mass is 35.5. The van der Waals surface area contributed by atoms with Gasteiger partial charge in [-0.2, -0.15) is 0 Å². The number of anilines is 1. The van der Waals surface area contributed by atoms with Gasteiger partial charge >= 0.3 is 5.97 Å². The summed E-state index contributed by atoms with van der Waals surface area (Å²) in [5, 5.41) is 2.30. The molecule has 0 bridgehead atoms. The van der Waals surface area contributed by atoms with Crippen LogP contribution >= 0.6 is 11.6 Å². The number of carbonyl (C=O) groups excluding carboxylic acids is 2. The summed E-state index contributed by atoms with van der Waals surface area (Å²) < 4.78 is 20.0. The fourth-order valence-corrected chi connectivity index (χ4v) is 6.16. The van der Waals surface area contributed by atoms with Crippen LogP contribution in [0.2, 0.25) is 5.02 Å². The number of nitrogens with zero attached hydrogens (tertiary/aromatic N) is 1. The fraction of sp³-hybridized carbons (Fsp3) is 0.120. The number of Topliss-reactive ketones (excluding diaryl/α,β-unsaturated/α-hetero) is 1. The molecule has 2 aromatic heterocycles. The van der Waals surface area contributed by atoms with Crippen molar-refractivity contribution in [2.75, 3.05) is 33.7 Å². The first-order valence-electron chi connectivity index (χ1n) is 19.2. The predicted octanol–water partition coefficient (Wildman–Crippen LogP) is 11.1. The third-order valence-electron chi connectivity index (χ3n) is 8.96. The lowest BCUT2D eigenvalue weighted by Gasteiger charge is -2.07. The molecule has 0 saturated carbocycles. The number of aromatic nitrogens is 2. The summed E-state index contributed by atoms with van der Waals surface area (Å²) in [6.45, 7) is 2.02. The number of fused-ring (bicyclic) bond motifs is 2. The SMILES string of the molecule is CCOC(=O)CC(=O)c1ccccc1.COc1ccc2c(=O)cc(-c3ccccc3)[nH]c2c1.COc1ccc2c(Cl)cc(-c3ccccc3)nc2c1.COc1cccc(N)c1.[2HH]. The number of nitrogens with one attached hydrogen (secondary N) is 1. The number of aromatic amines is 1. The van der Waals surface area contributed by atoms with Gasteiger partial charge in [0.1, 0.15) is 23.7 Å². The maximum Gasteiger partial charge on any atom is 0.313 e. The molecule has 3 N–H and O–H groups in total. The molecule has 0 aliphatic rings. The highest BCUT2D eigenvalue weighted by molar-refractivity contribution is 6.35. The molecule has 0 atom stereocenters. The number of nitrogen functional groups attached to an aromatic ring is 1. The largest absolute Gasteiger partial charge is 0.497 e. The molecule has 61 heavy (non-hydrogen) atoms. The molecular formula is C50H48ClN3O7. The van der Waals surface area contributed by atoms with Crippen LogP contribution < -0.4 is 25.4 Å². The van der Waals surface area contributed by atoms with E-state index in [1.54, 1.807) is 76.8 Å². The van der Waals surface area contributed by atoms with Crippen molar-refractivity contribution in [2.45, 2.75) is 13.3 Å². The molecular weight excluding hydrogens is 790 g/mol. The van der Waals surface area contributed by atoms with Crippen molar-refractivity contribution < 1.29 is 30.0 Å². The smallest absolute Gasteiger partial charge is 0.313 e. The molecule has 0 unspecified atom stereocenters. The number of halogens is 1. The van der Waals surface area contributed by atoms with Crippen LogP contribution in [0.1, 0.15) is 25.1 Å². The molecule has 0 aliphatic carbocycles. The molecule has 8 rings (SSSR count). The molecule has 6 aromatic carbocycles. The van der Waals surface area contributed by atoms with Crippen LogP contribution in [-0.4, -0.2) is 49.7 Å². The van der Waals surface area contributed by atoms with Gasteiger partial charge in [0.05, 0.1) is 49.7 Å². The maximum absolute atomic E-state index is 12.1. The number of methoxy groups -OCH3 is 3. The Hall–Kier alpha value is -7.43. The molecule has 0 radical (unpaired) electrons. The number of H-pyrrole nitrogens is 1. The Kier molecular flexibility index (Phi) is 16.6. The zero-order valence-electron chi connectivity index (χ0n) is 34.3. The van der Waals surface area contributed by atoms with Gasteiger partial charge < -0.3 is 29.7 Å². The Balaban J connectivity index is 0.000000187. The average molecular weight is 839 g/mol. The third kappa shape index (κ3) is 13.0. The van der Waals surface area contributed by atoms with Gasteiger partial charge in [-0.25, -0.2) is 4.98 Å². The summed E-state index contributed by atoms with van der Waals surface area (Å²) in [6, 6.07) is 50.4. The van der Waals surface area contributed by atoms with E-state index >= 15 is 0 Å². The number of hydrogen-bond acceptors (Lipinski definition) is 9. The van der Waals surface area contributed by atoms with Crippen molar-refractivity contribution in [3.63, 3.8) is 0 Å². The second kappa shape index (κ2) is 22.6. The normalized spacial score (nSPS) is 10.1. The average Bonchev–Trinajstić information content (AvgIpc) is 3.30. The quantitative estimate of drug-likeness (QED) is 0.0628. The Morgan fingerprint density at radius 1 is 0.656 bits per heavy atom. The Morgan fingerprint density at radius 2 is 1.23 bits per heavy atom. The Morgan fingerprint density at radius 3 is 1.82 bits per heavy atom. The lowest BCUT2D eigenvalue weighted by atomic mass is 10.1. The van der Waals surface area contributed by atoms with E-state index in [9.17, 15) is 14.4 Å². The number of carbonyl (C=O) groups is 2. The highest BCUT2D eigenvalue weighted by Crippen LogP contribution is 2.30. The van der Waals surface area contributed by atoms with E-state index < -0.39 is 5.97 Å². The minimum absolute atomic E-state index is 0. The monoisotopic (exact) mass is 838 g/mol. The lowest BCUT2D eigenvalue weighted by Crippen LogP contribution is -2.11.